The van der Waals surface area contributed by atoms with Gasteiger partial charge in [-0.3, -0.25) is 9.59 Å². The van der Waals surface area contributed by atoms with Crippen molar-refractivity contribution in [3.05, 3.63) is 35.4 Å². The van der Waals surface area contributed by atoms with Gasteiger partial charge in [-0.1, -0.05) is 24.3 Å². The number of fused-ring (bicyclic) bond motifs is 1. The number of morpholine rings is 1. The van der Waals surface area contributed by atoms with Crippen LogP contribution in [0.1, 0.15) is 30.4 Å². The van der Waals surface area contributed by atoms with Gasteiger partial charge in [-0.25, -0.2) is 0 Å². The number of hydrogen-bond acceptors (Lipinski definition) is 3. The lowest BCUT2D eigenvalue weighted by atomic mass is 9.82. The first kappa shape index (κ1) is 16.0. The van der Waals surface area contributed by atoms with Gasteiger partial charge in [0.1, 0.15) is 0 Å². The van der Waals surface area contributed by atoms with Crippen molar-refractivity contribution >= 4 is 11.9 Å². The van der Waals surface area contributed by atoms with Crippen molar-refractivity contribution in [3.8, 4) is 0 Å². The van der Waals surface area contributed by atoms with E-state index in [-0.39, 0.29) is 18.4 Å². The lowest BCUT2D eigenvalue weighted by molar-refractivity contribution is -0.148. The molecule has 0 spiro atoms. The summed E-state index contributed by atoms with van der Waals surface area (Å²) in [5, 5.41) is 8.86. The van der Waals surface area contributed by atoms with Crippen LogP contribution in [-0.4, -0.2) is 47.7 Å². The minimum atomic E-state index is -0.881. The number of benzene rings is 1. The molecule has 3 rings (SSSR count). The number of hydrogen-bond donors (Lipinski definition) is 1. The fourth-order valence-electron chi connectivity index (χ4n) is 3.59. The average Bonchev–Trinajstić information content (AvgIpc) is 2.54. The number of aryl methyl sites for hydroxylation is 1. The molecule has 5 heteroatoms. The van der Waals surface area contributed by atoms with Crippen molar-refractivity contribution in [1.82, 2.24) is 4.90 Å². The number of nitrogens with zero attached hydrogens (tertiary/aromatic N) is 1. The normalized spacial score (nSPS) is 24.1. The van der Waals surface area contributed by atoms with Gasteiger partial charge in [0.05, 0.1) is 19.1 Å². The predicted octanol–water partition coefficient (Wildman–Crippen LogP) is 1.88. The summed E-state index contributed by atoms with van der Waals surface area (Å²) in [6, 6.07) is 8.46. The van der Waals surface area contributed by atoms with E-state index in [1.54, 1.807) is 4.90 Å². The summed E-state index contributed by atoms with van der Waals surface area (Å²) in [7, 11) is 0. The molecule has 0 unspecified atom stereocenters. The number of aliphatic carboxylic acids is 1. The van der Waals surface area contributed by atoms with Crippen LogP contribution in [0.2, 0.25) is 0 Å². The third kappa shape index (κ3) is 4.10. The standard InChI is InChI=1S/C18H23NO4/c20-17(19-7-8-23-16(12-19)11-18(21)22)10-13-5-6-14-3-1-2-4-15(14)9-13/h1-4,13,16H,5-12H2,(H,21,22)/t13-,16+/m0/s1. The van der Waals surface area contributed by atoms with Gasteiger partial charge in [0.25, 0.3) is 0 Å². The Morgan fingerprint density at radius 1 is 1.22 bits per heavy atom. The monoisotopic (exact) mass is 317 g/mol. The smallest absolute Gasteiger partial charge is 0.306 e. The van der Waals surface area contributed by atoms with Crippen LogP contribution in [0.3, 0.4) is 0 Å². The van der Waals surface area contributed by atoms with E-state index in [0.717, 1.165) is 19.3 Å². The molecule has 2 aliphatic rings. The zero-order valence-electron chi connectivity index (χ0n) is 13.2. The number of carbonyl (C=O) groups is 2. The van der Waals surface area contributed by atoms with Crippen molar-refractivity contribution < 1.29 is 19.4 Å². The fourth-order valence-corrected chi connectivity index (χ4v) is 3.59. The van der Waals surface area contributed by atoms with Crippen LogP contribution in [-0.2, 0) is 27.2 Å². The Morgan fingerprint density at radius 3 is 2.78 bits per heavy atom. The average molecular weight is 317 g/mol. The fraction of sp³-hybridized carbons (Fsp3) is 0.556. The first-order chi connectivity index (χ1) is 11.1. The highest BCUT2D eigenvalue weighted by atomic mass is 16.5. The molecule has 1 aliphatic heterocycles. The second-order valence-electron chi connectivity index (χ2n) is 6.51. The maximum atomic E-state index is 12.5. The van der Waals surface area contributed by atoms with E-state index in [4.69, 9.17) is 9.84 Å². The Kier molecular flexibility index (Phi) is 4.96. The number of rotatable bonds is 4. The van der Waals surface area contributed by atoms with Crippen LogP contribution in [0, 0.1) is 5.92 Å². The highest BCUT2D eigenvalue weighted by molar-refractivity contribution is 5.77. The maximum Gasteiger partial charge on any atom is 0.306 e. The lowest BCUT2D eigenvalue weighted by Crippen LogP contribution is -2.46. The number of amides is 1. The SMILES string of the molecule is O=C(O)C[C@@H]1CN(C(=O)C[C@H]2CCc3ccccc3C2)CCO1. The summed E-state index contributed by atoms with van der Waals surface area (Å²) in [4.78, 5) is 25.1. The largest absolute Gasteiger partial charge is 0.481 e. The minimum Gasteiger partial charge on any atom is -0.481 e. The molecule has 1 aliphatic carbocycles. The number of carboxylic acids is 1. The van der Waals surface area contributed by atoms with Gasteiger partial charge in [0.2, 0.25) is 5.91 Å². The molecule has 1 aromatic carbocycles. The van der Waals surface area contributed by atoms with Gasteiger partial charge in [-0.05, 0) is 36.3 Å². The van der Waals surface area contributed by atoms with E-state index in [9.17, 15) is 9.59 Å². The van der Waals surface area contributed by atoms with Gasteiger partial charge < -0.3 is 14.7 Å². The van der Waals surface area contributed by atoms with Crippen molar-refractivity contribution in [2.45, 2.75) is 38.2 Å². The van der Waals surface area contributed by atoms with Gasteiger partial charge >= 0.3 is 5.97 Å². The van der Waals surface area contributed by atoms with Crippen LogP contribution < -0.4 is 0 Å². The maximum absolute atomic E-state index is 12.5. The van der Waals surface area contributed by atoms with Gasteiger partial charge in [0, 0.05) is 19.5 Å². The molecule has 2 atom stereocenters. The minimum absolute atomic E-state index is 0.0411. The molecule has 0 radical (unpaired) electrons. The first-order valence-corrected chi connectivity index (χ1v) is 8.30. The van der Waals surface area contributed by atoms with E-state index in [0.29, 0.717) is 32.0 Å². The van der Waals surface area contributed by atoms with Crippen LogP contribution in [0.25, 0.3) is 0 Å². The molecule has 124 valence electrons. The zero-order chi connectivity index (χ0) is 16.2. The van der Waals surface area contributed by atoms with Crippen LogP contribution >= 0.6 is 0 Å². The molecule has 1 N–H and O–H groups in total. The summed E-state index contributed by atoms with van der Waals surface area (Å²) < 4.78 is 5.43. The Labute approximate surface area is 136 Å². The molecular weight excluding hydrogens is 294 g/mol. The van der Waals surface area contributed by atoms with Crippen LogP contribution in [0.5, 0.6) is 0 Å². The van der Waals surface area contributed by atoms with E-state index in [2.05, 4.69) is 24.3 Å². The molecule has 1 aromatic rings. The Hall–Kier alpha value is -1.88. The van der Waals surface area contributed by atoms with Crippen molar-refractivity contribution in [1.29, 1.82) is 0 Å². The highest BCUT2D eigenvalue weighted by Crippen LogP contribution is 2.28. The molecule has 1 fully saturated rings. The molecule has 1 saturated heterocycles. The summed E-state index contributed by atoms with van der Waals surface area (Å²) in [6.07, 6.45) is 3.18. The number of carboxylic acid groups (broad SMARTS) is 1. The summed E-state index contributed by atoms with van der Waals surface area (Å²) >= 11 is 0. The van der Waals surface area contributed by atoms with Crippen LogP contribution in [0.4, 0.5) is 0 Å². The van der Waals surface area contributed by atoms with Crippen molar-refractivity contribution in [3.63, 3.8) is 0 Å². The predicted molar refractivity (Wildman–Crippen MR) is 85.1 cm³/mol. The highest BCUT2D eigenvalue weighted by Gasteiger charge is 2.28. The number of carbonyl (C=O) groups excluding carboxylic acids is 1. The summed E-state index contributed by atoms with van der Waals surface area (Å²) in [6.45, 7) is 1.39. The quantitative estimate of drug-likeness (QED) is 0.921. The van der Waals surface area contributed by atoms with E-state index < -0.39 is 5.97 Å². The van der Waals surface area contributed by atoms with E-state index in [1.807, 2.05) is 0 Å². The van der Waals surface area contributed by atoms with Crippen molar-refractivity contribution in [2.24, 2.45) is 5.92 Å². The Bertz CT molecular complexity index is 586. The molecule has 5 nitrogen and oxygen atoms in total. The second kappa shape index (κ2) is 7.13. The van der Waals surface area contributed by atoms with E-state index >= 15 is 0 Å². The van der Waals surface area contributed by atoms with Gasteiger partial charge in [-0.2, -0.15) is 0 Å². The molecular formula is C18H23NO4. The second-order valence-corrected chi connectivity index (χ2v) is 6.51. The van der Waals surface area contributed by atoms with Gasteiger partial charge in [-0.15, -0.1) is 0 Å². The first-order valence-electron chi connectivity index (χ1n) is 8.30. The molecule has 0 bridgehead atoms. The molecule has 1 heterocycles. The molecule has 1 amide bonds. The zero-order valence-corrected chi connectivity index (χ0v) is 13.2. The molecule has 0 aromatic heterocycles. The third-order valence-electron chi connectivity index (χ3n) is 4.81. The van der Waals surface area contributed by atoms with Gasteiger partial charge in [0.15, 0.2) is 0 Å². The Balaban J connectivity index is 1.54. The number of ether oxygens (including phenoxy) is 1. The van der Waals surface area contributed by atoms with Crippen molar-refractivity contribution in [2.75, 3.05) is 19.7 Å². The summed E-state index contributed by atoms with van der Waals surface area (Å²) in [5.74, 6) is -0.362. The van der Waals surface area contributed by atoms with Crippen LogP contribution in [0.15, 0.2) is 24.3 Å². The molecule has 23 heavy (non-hydrogen) atoms. The third-order valence-corrected chi connectivity index (χ3v) is 4.81. The summed E-state index contributed by atoms with van der Waals surface area (Å²) in [5.41, 5.74) is 2.77. The Morgan fingerprint density at radius 2 is 2.00 bits per heavy atom. The topological polar surface area (TPSA) is 66.8 Å². The van der Waals surface area contributed by atoms with E-state index in [1.165, 1.54) is 11.1 Å². The molecule has 0 saturated carbocycles. The lowest BCUT2D eigenvalue weighted by Gasteiger charge is -2.34.